The van der Waals surface area contributed by atoms with Gasteiger partial charge in [-0.15, -0.1) is 0 Å². The zero-order valence-electron chi connectivity index (χ0n) is 15.3. The monoisotopic (exact) mass is 342 g/mol. The zero-order chi connectivity index (χ0) is 18.0. The van der Waals surface area contributed by atoms with Crippen LogP contribution in [0.25, 0.3) is 11.0 Å². The number of amides is 1. The van der Waals surface area contributed by atoms with E-state index in [0.717, 1.165) is 49.1 Å². The molecule has 0 spiro atoms. The van der Waals surface area contributed by atoms with Gasteiger partial charge >= 0.3 is 5.63 Å². The summed E-state index contributed by atoms with van der Waals surface area (Å²) in [5, 5.41) is 1.01. The molecule has 1 aliphatic heterocycles. The summed E-state index contributed by atoms with van der Waals surface area (Å²) in [4.78, 5) is 28.2. The predicted octanol–water partition coefficient (Wildman–Crippen LogP) is 2.85. The fraction of sp³-hybridized carbons (Fsp3) is 0.500. The minimum Gasteiger partial charge on any atom is -0.423 e. The summed E-state index contributed by atoms with van der Waals surface area (Å²) in [6, 6.07) is 5.66. The van der Waals surface area contributed by atoms with Gasteiger partial charge in [0.25, 0.3) is 0 Å². The average Bonchev–Trinajstić information content (AvgIpc) is 2.81. The maximum atomic E-state index is 12.0. The highest BCUT2D eigenvalue weighted by Gasteiger charge is 2.19. The van der Waals surface area contributed by atoms with Gasteiger partial charge in [-0.1, -0.05) is 6.92 Å². The summed E-state index contributed by atoms with van der Waals surface area (Å²) >= 11 is 0. The summed E-state index contributed by atoms with van der Waals surface area (Å²) in [5.41, 5.74) is 3.67. The van der Waals surface area contributed by atoms with E-state index in [1.165, 1.54) is 5.56 Å². The van der Waals surface area contributed by atoms with E-state index in [2.05, 4.69) is 17.9 Å². The fourth-order valence-corrected chi connectivity index (χ4v) is 3.46. The average molecular weight is 342 g/mol. The molecule has 0 atom stereocenters. The normalized spacial score (nSPS) is 16.2. The highest BCUT2D eigenvalue weighted by atomic mass is 16.4. The molecule has 1 fully saturated rings. The van der Waals surface area contributed by atoms with Crippen molar-refractivity contribution in [2.24, 2.45) is 0 Å². The van der Waals surface area contributed by atoms with E-state index >= 15 is 0 Å². The minimum absolute atomic E-state index is 0.221. The lowest BCUT2D eigenvalue weighted by Gasteiger charge is -2.22. The van der Waals surface area contributed by atoms with Crippen LogP contribution in [0.3, 0.4) is 0 Å². The maximum Gasteiger partial charge on any atom is 0.336 e. The molecular weight excluding hydrogens is 316 g/mol. The van der Waals surface area contributed by atoms with E-state index in [-0.39, 0.29) is 11.5 Å². The fourth-order valence-electron chi connectivity index (χ4n) is 3.46. The molecule has 1 aliphatic rings. The number of carbonyl (C=O) groups excluding carboxylic acids is 1. The molecule has 3 rings (SSSR count). The van der Waals surface area contributed by atoms with Gasteiger partial charge in [0.2, 0.25) is 5.91 Å². The Morgan fingerprint density at radius 3 is 2.60 bits per heavy atom. The molecule has 0 radical (unpaired) electrons. The van der Waals surface area contributed by atoms with Crippen molar-refractivity contribution in [3.63, 3.8) is 0 Å². The van der Waals surface area contributed by atoms with Crippen LogP contribution in [-0.4, -0.2) is 41.9 Å². The van der Waals surface area contributed by atoms with Crippen molar-refractivity contribution in [1.29, 1.82) is 0 Å². The number of hydrogen-bond donors (Lipinski definition) is 0. The van der Waals surface area contributed by atoms with Crippen LogP contribution in [0.2, 0.25) is 0 Å². The van der Waals surface area contributed by atoms with E-state index in [9.17, 15) is 9.59 Å². The van der Waals surface area contributed by atoms with Gasteiger partial charge in [0.15, 0.2) is 0 Å². The summed E-state index contributed by atoms with van der Waals surface area (Å²) in [5.74, 6) is 0.221. The Kier molecular flexibility index (Phi) is 5.23. The smallest absolute Gasteiger partial charge is 0.336 e. The topological polar surface area (TPSA) is 53.8 Å². The number of nitrogens with zero attached hydrogens (tertiary/aromatic N) is 2. The molecule has 1 aromatic heterocycles. The molecule has 134 valence electrons. The van der Waals surface area contributed by atoms with Crippen LogP contribution in [0.4, 0.5) is 0 Å². The number of aryl methyl sites for hydroxylation is 2. The zero-order valence-corrected chi connectivity index (χ0v) is 15.3. The van der Waals surface area contributed by atoms with Crippen molar-refractivity contribution >= 4 is 16.9 Å². The SMILES string of the molecule is CCC(=O)N1CCCN(Cc2cc(=O)oc3cc(C)c(C)cc23)CC1. The largest absolute Gasteiger partial charge is 0.423 e. The Bertz CT molecular complexity index is 841. The molecule has 1 saturated heterocycles. The van der Waals surface area contributed by atoms with Gasteiger partial charge in [0, 0.05) is 50.6 Å². The van der Waals surface area contributed by atoms with E-state index in [1.807, 2.05) is 24.8 Å². The van der Waals surface area contributed by atoms with Crippen molar-refractivity contribution in [2.75, 3.05) is 26.2 Å². The first-order valence-electron chi connectivity index (χ1n) is 9.02. The van der Waals surface area contributed by atoms with Crippen LogP contribution >= 0.6 is 0 Å². The first-order valence-corrected chi connectivity index (χ1v) is 9.02. The van der Waals surface area contributed by atoms with E-state index in [1.54, 1.807) is 6.07 Å². The van der Waals surface area contributed by atoms with E-state index in [0.29, 0.717) is 18.5 Å². The Hall–Kier alpha value is -2.14. The molecular formula is C20H26N2O3. The number of fused-ring (bicyclic) bond motifs is 1. The van der Waals surface area contributed by atoms with Gasteiger partial charge in [-0.05, 0) is 49.1 Å². The molecule has 0 N–H and O–H groups in total. The molecule has 0 saturated carbocycles. The van der Waals surface area contributed by atoms with Crippen LogP contribution < -0.4 is 5.63 Å². The Labute approximate surface area is 148 Å². The summed E-state index contributed by atoms with van der Waals surface area (Å²) < 4.78 is 5.39. The lowest BCUT2D eigenvalue weighted by Crippen LogP contribution is -2.34. The first-order chi connectivity index (χ1) is 12.0. The van der Waals surface area contributed by atoms with Gasteiger partial charge in [-0.3, -0.25) is 9.69 Å². The Morgan fingerprint density at radius 1 is 1.08 bits per heavy atom. The van der Waals surface area contributed by atoms with Crippen molar-refractivity contribution < 1.29 is 9.21 Å². The van der Waals surface area contributed by atoms with Gasteiger partial charge in [0.1, 0.15) is 5.58 Å². The molecule has 2 aromatic rings. The second kappa shape index (κ2) is 7.40. The standard InChI is InChI=1S/C20H26N2O3/c1-4-19(23)22-7-5-6-21(8-9-22)13-16-12-20(24)25-18-11-15(3)14(2)10-17(16)18/h10-12H,4-9,13H2,1-3H3. The summed E-state index contributed by atoms with van der Waals surface area (Å²) in [6.45, 7) is 10.0. The number of benzene rings is 1. The van der Waals surface area contributed by atoms with Crippen molar-refractivity contribution in [3.8, 4) is 0 Å². The van der Waals surface area contributed by atoms with E-state index < -0.39 is 0 Å². The first kappa shape index (κ1) is 17.7. The second-order valence-corrected chi connectivity index (χ2v) is 6.89. The minimum atomic E-state index is -0.302. The molecule has 0 aliphatic carbocycles. The maximum absolute atomic E-state index is 12.0. The van der Waals surface area contributed by atoms with Gasteiger partial charge in [-0.2, -0.15) is 0 Å². The Balaban J connectivity index is 1.84. The van der Waals surface area contributed by atoms with Crippen molar-refractivity contribution in [2.45, 2.75) is 40.2 Å². The molecule has 0 unspecified atom stereocenters. The molecule has 5 nitrogen and oxygen atoms in total. The second-order valence-electron chi connectivity index (χ2n) is 6.89. The Morgan fingerprint density at radius 2 is 1.84 bits per heavy atom. The predicted molar refractivity (Wildman–Crippen MR) is 98.7 cm³/mol. The lowest BCUT2D eigenvalue weighted by molar-refractivity contribution is -0.130. The van der Waals surface area contributed by atoms with Crippen molar-refractivity contribution in [1.82, 2.24) is 9.80 Å². The van der Waals surface area contributed by atoms with Gasteiger partial charge < -0.3 is 9.32 Å². The number of carbonyl (C=O) groups is 1. The number of hydrogen-bond acceptors (Lipinski definition) is 4. The van der Waals surface area contributed by atoms with Gasteiger partial charge in [0.05, 0.1) is 0 Å². The van der Waals surface area contributed by atoms with Crippen LogP contribution in [0.15, 0.2) is 27.4 Å². The molecule has 25 heavy (non-hydrogen) atoms. The third-order valence-electron chi connectivity index (χ3n) is 5.08. The highest BCUT2D eigenvalue weighted by Crippen LogP contribution is 2.23. The van der Waals surface area contributed by atoms with Gasteiger partial charge in [-0.25, -0.2) is 4.79 Å². The van der Waals surface area contributed by atoms with Crippen LogP contribution in [0.5, 0.6) is 0 Å². The molecule has 5 heteroatoms. The highest BCUT2D eigenvalue weighted by molar-refractivity contribution is 5.81. The summed E-state index contributed by atoms with van der Waals surface area (Å²) in [6.07, 6.45) is 1.52. The molecule has 0 bridgehead atoms. The molecule has 2 heterocycles. The number of rotatable bonds is 3. The van der Waals surface area contributed by atoms with Crippen LogP contribution in [-0.2, 0) is 11.3 Å². The quantitative estimate of drug-likeness (QED) is 0.805. The van der Waals surface area contributed by atoms with Crippen LogP contribution in [0, 0.1) is 13.8 Å². The van der Waals surface area contributed by atoms with Crippen molar-refractivity contribution in [3.05, 3.63) is 45.3 Å². The van der Waals surface area contributed by atoms with Crippen LogP contribution in [0.1, 0.15) is 36.5 Å². The molecule has 1 amide bonds. The van der Waals surface area contributed by atoms with E-state index in [4.69, 9.17) is 4.42 Å². The third kappa shape index (κ3) is 3.93. The third-order valence-corrected chi connectivity index (χ3v) is 5.08. The summed E-state index contributed by atoms with van der Waals surface area (Å²) in [7, 11) is 0. The molecule has 1 aromatic carbocycles. The lowest BCUT2D eigenvalue weighted by atomic mass is 10.0.